The van der Waals surface area contributed by atoms with E-state index in [9.17, 15) is 18.0 Å². The van der Waals surface area contributed by atoms with Crippen molar-refractivity contribution in [2.45, 2.75) is 12.7 Å². The van der Waals surface area contributed by atoms with Crippen LogP contribution in [0.15, 0.2) is 47.8 Å². The Hall–Kier alpha value is -3.60. The van der Waals surface area contributed by atoms with Crippen molar-refractivity contribution in [3.05, 3.63) is 64.1 Å². The van der Waals surface area contributed by atoms with Gasteiger partial charge in [0.05, 0.1) is 12.2 Å². The number of ether oxygens (including phenoxy) is 2. The molecule has 0 bridgehead atoms. The van der Waals surface area contributed by atoms with Gasteiger partial charge in [0.15, 0.2) is 28.5 Å². The van der Waals surface area contributed by atoms with E-state index in [0.29, 0.717) is 21.6 Å². The van der Waals surface area contributed by atoms with Gasteiger partial charge in [-0.15, -0.1) is 11.3 Å². The highest BCUT2D eigenvalue weighted by Gasteiger charge is 2.35. The average Bonchev–Trinajstić information content (AvgIpc) is 3.50. The predicted molar refractivity (Wildman–Crippen MR) is 105 cm³/mol. The van der Waals surface area contributed by atoms with Gasteiger partial charge < -0.3 is 14.8 Å². The van der Waals surface area contributed by atoms with Crippen LogP contribution in [0.3, 0.4) is 0 Å². The van der Waals surface area contributed by atoms with Crippen molar-refractivity contribution >= 4 is 22.9 Å². The van der Waals surface area contributed by atoms with Gasteiger partial charge in [-0.1, -0.05) is 6.07 Å². The van der Waals surface area contributed by atoms with Gasteiger partial charge >= 0.3 is 6.18 Å². The van der Waals surface area contributed by atoms with Gasteiger partial charge in [-0.3, -0.25) is 4.79 Å². The van der Waals surface area contributed by atoms with E-state index in [1.807, 2.05) is 17.5 Å². The maximum absolute atomic E-state index is 13.7. The molecule has 3 aromatic heterocycles. The van der Waals surface area contributed by atoms with Gasteiger partial charge in [-0.2, -0.15) is 18.3 Å². The Labute approximate surface area is 177 Å². The Morgan fingerprint density at radius 1 is 1.16 bits per heavy atom. The van der Waals surface area contributed by atoms with Crippen LogP contribution >= 0.6 is 11.3 Å². The zero-order valence-corrected chi connectivity index (χ0v) is 16.5. The van der Waals surface area contributed by atoms with Crippen LogP contribution in [0.1, 0.15) is 21.1 Å². The molecule has 4 heterocycles. The molecule has 0 spiro atoms. The summed E-state index contributed by atoms with van der Waals surface area (Å²) in [5, 5.41) is 8.37. The molecule has 0 radical (unpaired) electrons. The molecule has 0 saturated carbocycles. The summed E-state index contributed by atoms with van der Waals surface area (Å²) in [5.41, 5.74) is -0.797. The molecule has 0 aliphatic carbocycles. The van der Waals surface area contributed by atoms with Crippen molar-refractivity contribution in [3.8, 4) is 22.8 Å². The number of aromatic nitrogens is 3. The average molecular weight is 446 g/mol. The fraction of sp³-hybridized carbons (Fsp3) is 0.150. The molecule has 0 saturated heterocycles. The first-order chi connectivity index (χ1) is 14.9. The maximum atomic E-state index is 13.7. The summed E-state index contributed by atoms with van der Waals surface area (Å²) in [6, 6.07) is 10.6. The normalized spacial score (nSPS) is 13.0. The van der Waals surface area contributed by atoms with E-state index >= 15 is 0 Å². The molecule has 1 aliphatic rings. The summed E-state index contributed by atoms with van der Waals surface area (Å²) in [6.45, 7) is 0.304. The first-order valence-electron chi connectivity index (χ1n) is 9.07. The van der Waals surface area contributed by atoms with Gasteiger partial charge in [0.1, 0.15) is 0 Å². The van der Waals surface area contributed by atoms with E-state index in [0.717, 1.165) is 10.9 Å². The topological polar surface area (TPSA) is 77.8 Å². The molecule has 5 rings (SSSR count). The van der Waals surface area contributed by atoms with Crippen molar-refractivity contribution in [1.82, 2.24) is 19.9 Å². The van der Waals surface area contributed by atoms with Crippen LogP contribution in [-0.4, -0.2) is 27.3 Å². The number of thiophene rings is 1. The van der Waals surface area contributed by atoms with Gasteiger partial charge in [0, 0.05) is 16.5 Å². The molecular formula is C20H13F3N4O3S. The summed E-state index contributed by atoms with van der Waals surface area (Å²) < 4.78 is 52.4. The fourth-order valence-corrected chi connectivity index (χ4v) is 3.81. The molecule has 0 unspecified atom stereocenters. The molecule has 31 heavy (non-hydrogen) atoms. The SMILES string of the molecule is O=C(NCc1cccs1)c1cc2nc(-c3ccc4c(c3)OCO4)cc(C(F)(F)F)n2n1. The van der Waals surface area contributed by atoms with Crippen molar-refractivity contribution in [2.24, 2.45) is 0 Å². The quantitative estimate of drug-likeness (QED) is 0.510. The zero-order valence-electron chi connectivity index (χ0n) is 15.6. The second-order valence-electron chi connectivity index (χ2n) is 6.65. The van der Waals surface area contributed by atoms with Crippen LogP contribution in [-0.2, 0) is 12.7 Å². The third-order valence-corrected chi connectivity index (χ3v) is 5.50. The number of alkyl halides is 3. The van der Waals surface area contributed by atoms with E-state index in [2.05, 4.69) is 15.4 Å². The first kappa shape index (κ1) is 19.4. The number of fused-ring (bicyclic) bond motifs is 2. The lowest BCUT2D eigenvalue weighted by Crippen LogP contribution is -2.23. The molecule has 11 heteroatoms. The minimum atomic E-state index is -4.71. The van der Waals surface area contributed by atoms with Gasteiger partial charge in [0.25, 0.3) is 5.91 Å². The van der Waals surface area contributed by atoms with Crippen molar-refractivity contribution in [3.63, 3.8) is 0 Å². The number of carbonyl (C=O) groups is 1. The van der Waals surface area contributed by atoms with Crippen LogP contribution < -0.4 is 14.8 Å². The number of amides is 1. The summed E-state index contributed by atoms with van der Waals surface area (Å²) in [4.78, 5) is 17.6. The molecule has 1 aromatic carbocycles. The fourth-order valence-electron chi connectivity index (χ4n) is 3.16. The molecule has 4 aromatic rings. The van der Waals surface area contributed by atoms with Gasteiger partial charge in [-0.05, 0) is 35.7 Å². The number of halogens is 3. The number of benzene rings is 1. The smallest absolute Gasteiger partial charge is 0.433 e. The molecule has 158 valence electrons. The van der Waals surface area contributed by atoms with E-state index < -0.39 is 17.8 Å². The Morgan fingerprint density at radius 2 is 2.00 bits per heavy atom. The molecule has 1 aliphatic heterocycles. The van der Waals surface area contributed by atoms with Crippen LogP contribution in [0.5, 0.6) is 11.5 Å². The minimum absolute atomic E-state index is 0.0472. The van der Waals surface area contributed by atoms with Crippen LogP contribution in [0.4, 0.5) is 13.2 Å². The predicted octanol–water partition coefficient (Wildman–Crippen LogP) is 4.14. The third kappa shape index (κ3) is 3.67. The Balaban J connectivity index is 1.54. The second kappa shape index (κ2) is 7.27. The first-order valence-corrected chi connectivity index (χ1v) is 9.95. The Morgan fingerprint density at radius 3 is 2.77 bits per heavy atom. The highest BCUT2D eigenvalue weighted by molar-refractivity contribution is 7.09. The van der Waals surface area contributed by atoms with Crippen LogP contribution in [0, 0.1) is 0 Å². The number of nitrogens with zero attached hydrogens (tertiary/aromatic N) is 3. The molecule has 7 nitrogen and oxygen atoms in total. The highest BCUT2D eigenvalue weighted by atomic mass is 32.1. The Kier molecular flexibility index (Phi) is 4.54. The van der Waals surface area contributed by atoms with E-state index in [1.54, 1.807) is 18.2 Å². The highest BCUT2D eigenvalue weighted by Crippen LogP contribution is 2.37. The van der Waals surface area contributed by atoms with Crippen molar-refractivity contribution < 1.29 is 27.4 Å². The molecule has 1 amide bonds. The zero-order chi connectivity index (χ0) is 21.6. The molecule has 0 atom stereocenters. The van der Waals surface area contributed by atoms with Gasteiger partial charge in [0.2, 0.25) is 6.79 Å². The number of rotatable bonds is 4. The molecule has 0 fully saturated rings. The number of carbonyl (C=O) groups excluding carboxylic acids is 1. The second-order valence-corrected chi connectivity index (χ2v) is 7.69. The lowest BCUT2D eigenvalue weighted by molar-refractivity contribution is -0.142. The lowest BCUT2D eigenvalue weighted by atomic mass is 10.1. The number of hydrogen-bond acceptors (Lipinski definition) is 6. The lowest BCUT2D eigenvalue weighted by Gasteiger charge is -2.11. The molecule has 1 N–H and O–H groups in total. The van der Waals surface area contributed by atoms with E-state index in [4.69, 9.17) is 9.47 Å². The van der Waals surface area contributed by atoms with Gasteiger partial charge in [-0.25, -0.2) is 9.50 Å². The Bertz CT molecular complexity index is 1290. The summed E-state index contributed by atoms with van der Waals surface area (Å²) in [7, 11) is 0. The van der Waals surface area contributed by atoms with Crippen molar-refractivity contribution in [1.29, 1.82) is 0 Å². The third-order valence-electron chi connectivity index (χ3n) is 4.62. The van der Waals surface area contributed by atoms with E-state index in [-0.39, 0.29) is 30.4 Å². The van der Waals surface area contributed by atoms with Crippen LogP contribution in [0.25, 0.3) is 16.9 Å². The minimum Gasteiger partial charge on any atom is -0.454 e. The summed E-state index contributed by atoms with van der Waals surface area (Å²) >= 11 is 1.46. The van der Waals surface area contributed by atoms with Crippen molar-refractivity contribution in [2.75, 3.05) is 6.79 Å². The maximum Gasteiger partial charge on any atom is 0.433 e. The van der Waals surface area contributed by atoms with E-state index in [1.165, 1.54) is 17.4 Å². The number of nitrogens with one attached hydrogen (secondary N) is 1. The molecular weight excluding hydrogens is 433 g/mol. The summed E-state index contributed by atoms with van der Waals surface area (Å²) in [6.07, 6.45) is -4.71. The monoisotopic (exact) mass is 446 g/mol. The van der Waals surface area contributed by atoms with Crippen LogP contribution in [0.2, 0.25) is 0 Å². The summed E-state index contributed by atoms with van der Waals surface area (Å²) in [5.74, 6) is 0.349. The largest absolute Gasteiger partial charge is 0.454 e. The standard InChI is InChI=1S/C20H13F3N4O3S/c21-20(22,23)17-7-13(11-3-4-15-16(6-11)30-10-29-15)25-18-8-14(26-27(17)18)19(28)24-9-12-2-1-5-31-12/h1-8H,9-10H2,(H,24,28). The number of hydrogen-bond donors (Lipinski definition) is 1.